The fourth-order valence-electron chi connectivity index (χ4n) is 4.97. The van der Waals surface area contributed by atoms with E-state index in [4.69, 9.17) is 9.47 Å². The third-order valence-electron chi connectivity index (χ3n) is 7.38. The van der Waals surface area contributed by atoms with Crippen LogP contribution in [0.15, 0.2) is 66.7 Å². The first-order valence-corrected chi connectivity index (χ1v) is 13.8. The number of hydrogen-bond donors (Lipinski definition) is 3. The molecule has 212 valence electrons. The summed E-state index contributed by atoms with van der Waals surface area (Å²) in [6.45, 7) is 1.87. The Labute approximate surface area is 236 Å². The molecule has 2 amide bonds. The SMILES string of the molecule is COc1cc(CO)ccc1NC(=O)CCCc1ccc(-c2ccccc2)c(NC(=O)OC2CC[N+](C)(C)CC2)c1. The summed E-state index contributed by atoms with van der Waals surface area (Å²) in [6, 6.07) is 21.1. The van der Waals surface area contributed by atoms with Gasteiger partial charge in [-0.1, -0.05) is 48.5 Å². The lowest BCUT2D eigenvalue weighted by Gasteiger charge is -2.36. The van der Waals surface area contributed by atoms with Gasteiger partial charge in [0.05, 0.1) is 52.3 Å². The minimum atomic E-state index is -0.438. The largest absolute Gasteiger partial charge is 0.495 e. The van der Waals surface area contributed by atoms with Crippen LogP contribution in [-0.2, 0) is 22.6 Å². The summed E-state index contributed by atoms with van der Waals surface area (Å²) in [6.07, 6.45) is 2.82. The molecule has 0 unspecified atom stereocenters. The maximum atomic E-state index is 12.9. The number of rotatable bonds is 10. The number of benzene rings is 3. The zero-order valence-electron chi connectivity index (χ0n) is 23.6. The first-order valence-electron chi connectivity index (χ1n) is 13.8. The quantitative estimate of drug-likeness (QED) is 0.288. The topological polar surface area (TPSA) is 96.9 Å². The molecular formula is C32H40N3O5+. The lowest BCUT2D eigenvalue weighted by atomic mass is 9.99. The maximum absolute atomic E-state index is 12.9. The molecule has 3 aromatic carbocycles. The van der Waals surface area contributed by atoms with Crippen LogP contribution in [0, 0.1) is 0 Å². The van der Waals surface area contributed by atoms with E-state index in [1.807, 2.05) is 48.5 Å². The number of carbonyl (C=O) groups is 2. The van der Waals surface area contributed by atoms with Gasteiger partial charge in [0.1, 0.15) is 11.9 Å². The van der Waals surface area contributed by atoms with Crippen molar-refractivity contribution in [1.82, 2.24) is 0 Å². The Bertz CT molecular complexity index is 1300. The number of aliphatic hydroxyl groups is 1. The van der Waals surface area contributed by atoms with E-state index in [1.54, 1.807) is 18.2 Å². The molecule has 0 bridgehead atoms. The van der Waals surface area contributed by atoms with Crippen molar-refractivity contribution in [3.63, 3.8) is 0 Å². The molecule has 4 rings (SSSR count). The second-order valence-corrected chi connectivity index (χ2v) is 11.0. The van der Waals surface area contributed by atoms with Crippen LogP contribution in [0.3, 0.4) is 0 Å². The lowest BCUT2D eigenvalue weighted by Crippen LogP contribution is -2.48. The van der Waals surface area contributed by atoms with Crippen molar-refractivity contribution in [2.45, 2.75) is 44.8 Å². The van der Waals surface area contributed by atoms with Crippen molar-refractivity contribution >= 4 is 23.4 Å². The average Bonchev–Trinajstić information content (AvgIpc) is 2.95. The summed E-state index contributed by atoms with van der Waals surface area (Å²) in [4.78, 5) is 25.5. The highest BCUT2D eigenvalue weighted by Gasteiger charge is 2.28. The van der Waals surface area contributed by atoms with Crippen molar-refractivity contribution in [2.24, 2.45) is 0 Å². The molecular weight excluding hydrogens is 506 g/mol. The summed E-state index contributed by atoms with van der Waals surface area (Å²) in [5.41, 5.74) is 4.91. The molecule has 0 aromatic heterocycles. The van der Waals surface area contributed by atoms with E-state index in [0.29, 0.717) is 42.0 Å². The molecule has 1 fully saturated rings. The van der Waals surface area contributed by atoms with Gasteiger partial charge in [0, 0.05) is 24.8 Å². The number of nitrogens with zero attached hydrogens (tertiary/aromatic N) is 1. The van der Waals surface area contributed by atoms with Crippen LogP contribution >= 0.6 is 0 Å². The van der Waals surface area contributed by atoms with Gasteiger partial charge >= 0.3 is 6.09 Å². The summed E-state index contributed by atoms with van der Waals surface area (Å²) in [5, 5.41) is 15.2. The Morgan fingerprint density at radius 2 is 1.65 bits per heavy atom. The van der Waals surface area contributed by atoms with Crippen LogP contribution in [0.2, 0.25) is 0 Å². The average molecular weight is 547 g/mol. The zero-order chi connectivity index (χ0) is 28.5. The molecule has 8 heteroatoms. The van der Waals surface area contributed by atoms with Gasteiger partial charge < -0.3 is 24.4 Å². The molecule has 3 N–H and O–H groups in total. The van der Waals surface area contributed by atoms with Crippen LogP contribution in [0.5, 0.6) is 5.75 Å². The standard InChI is InChI=1S/C32H39N3O5/c1-35(2)18-16-26(17-19-35)40-32(38)34-29-20-23(12-14-27(29)25-9-5-4-6-10-25)8-7-11-31(37)33-28-15-13-24(22-36)21-30(28)39-3/h4-6,9-10,12-15,20-21,26,36H,7-8,11,16-19,22H2,1-3H3,(H-,33,34,37,38)/p+1. The van der Waals surface area contributed by atoms with Crippen LogP contribution in [0.25, 0.3) is 11.1 Å². The predicted molar refractivity (Wildman–Crippen MR) is 157 cm³/mol. The van der Waals surface area contributed by atoms with Crippen LogP contribution in [0.4, 0.5) is 16.2 Å². The smallest absolute Gasteiger partial charge is 0.411 e. The Hall–Kier alpha value is -3.88. The lowest BCUT2D eigenvalue weighted by molar-refractivity contribution is -0.896. The number of hydrogen-bond acceptors (Lipinski definition) is 5. The van der Waals surface area contributed by atoms with Gasteiger partial charge in [-0.15, -0.1) is 0 Å². The van der Waals surface area contributed by atoms with E-state index in [2.05, 4.69) is 24.7 Å². The van der Waals surface area contributed by atoms with Gasteiger partial charge in [-0.3, -0.25) is 10.1 Å². The molecule has 0 spiro atoms. The van der Waals surface area contributed by atoms with Crippen LogP contribution in [0.1, 0.15) is 36.8 Å². The molecule has 40 heavy (non-hydrogen) atoms. The number of aliphatic hydroxyl groups excluding tert-OH is 1. The molecule has 8 nitrogen and oxygen atoms in total. The number of amides is 2. The van der Waals surface area contributed by atoms with E-state index in [1.165, 1.54) is 7.11 Å². The number of aryl methyl sites for hydroxylation is 1. The Balaban J connectivity index is 1.39. The van der Waals surface area contributed by atoms with E-state index >= 15 is 0 Å². The fraction of sp³-hybridized carbons (Fsp3) is 0.375. The molecule has 1 aliphatic heterocycles. The highest BCUT2D eigenvalue weighted by molar-refractivity contribution is 5.93. The number of methoxy groups -OCH3 is 1. The van der Waals surface area contributed by atoms with E-state index in [9.17, 15) is 14.7 Å². The van der Waals surface area contributed by atoms with Gasteiger partial charge in [0.15, 0.2) is 0 Å². The molecule has 0 radical (unpaired) electrons. The first kappa shape index (κ1) is 29.1. The summed E-state index contributed by atoms with van der Waals surface area (Å²) < 4.78 is 12.1. The second kappa shape index (κ2) is 13.5. The van der Waals surface area contributed by atoms with Crippen LogP contribution in [-0.4, -0.2) is 62.0 Å². The Morgan fingerprint density at radius 3 is 2.35 bits per heavy atom. The molecule has 1 saturated heterocycles. The van der Waals surface area contributed by atoms with Crippen molar-refractivity contribution in [3.8, 4) is 16.9 Å². The number of anilines is 2. The second-order valence-electron chi connectivity index (χ2n) is 11.0. The number of ether oxygens (including phenoxy) is 2. The highest BCUT2D eigenvalue weighted by atomic mass is 16.6. The van der Waals surface area contributed by atoms with E-state index in [-0.39, 0.29) is 18.6 Å². The third-order valence-corrected chi connectivity index (χ3v) is 7.38. The predicted octanol–water partition coefficient (Wildman–Crippen LogP) is 5.60. The molecule has 1 heterocycles. The number of carbonyl (C=O) groups excluding carboxylic acids is 2. The zero-order valence-corrected chi connectivity index (χ0v) is 23.6. The van der Waals surface area contributed by atoms with Crippen molar-refractivity contribution < 1.29 is 28.7 Å². The highest BCUT2D eigenvalue weighted by Crippen LogP contribution is 2.30. The molecule has 0 saturated carbocycles. The molecule has 0 atom stereocenters. The number of quaternary nitrogens is 1. The van der Waals surface area contributed by atoms with Gasteiger partial charge in [0.2, 0.25) is 5.91 Å². The summed E-state index contributed by atoms with van der Waals surface area (Å²) in [5.74, 6) is 0.391. The van der Waals surface area contributed by atoms with Crippen molar-refractivity contribution in [3.05, 3.63) is 77.9 Å². The van der Waals surface area contributed by atoms with Crippen molar-refractivity contribution in [1.29, 1.82) is 0 Å². The van der Waals surface area contributed by atoms with Crippen molar-refractivity contribution in [2.75, 3.05) is 44.9 Å². The van der Waals surface area contributed by atoms with Gasteiger partial charge in [0.25, 0.3) is 0 Å². The monoisotopic (exact) mass is 546 g/mol. The minimum Gasteiger partial charge on any atom is -0.495 e. The van der Waals surface area contributed by atoms with Crippen LogP contribution < -0.4 is 15.4 Å². The molecule has 1 aliphatic rings. The Kier molecular flexibility index (Phi) is 9.79. The first-order chi connectivity index (χ1) is 19.3. The normalized spacial score (nSPS) is 14.8. The summed E-state index contributed by atoms with van der Waals surface area (Å²) >= 11 is 0. The third kappa shape index (κ3) is 8.07. The Morgan fingerprint density at radius 1 is 0.925 bits per heavy atom. The number of nitrogens with one attached hydrogen (secondary N) is 2. The minimum absolute atomic E-state index is 0.0773. The summed E-state index contributed by atoms with van der Waals surface area (Å²) in [7, 11) is 5.93. The number of piperidine rings is 1. The van der Waals surface area contributed by atoms with Gasteiger partial charge in [-0.05, 0) is 47.7 Å². The molecule has 3 aromatic rings. The maximum Gasteiger partial charge on any atom is 0.411 e. The molecule has 0 aliphatic carbocycles. The number of likely N-dealkylation sites (tertiary alicyclic amines) is 1. The van der Waals surface area contributed by atoms with E-state index < -0.39 is 6.09 Å². The van der Waals surface area contributed by atoms with Gasteiger partial charge in [-0.25, -0.2) is 4.79 Å². The van der Waals surface area contributed by atoms with E-state index in [0.717, 1.165) is 47.1 Å². The van der Waals surface area contributed by atoms with Gasteiger partial charge in [-0.2, -0.15) is 0 Å². The fourth-order valence-corrected chi connectivity index (χ4v) is 4.97.